The Morgan fingerprint density at radius 3 is 2.55 bits per heavy atom. The summed E-state index contributed by atoms with van der Waals surface area (Å²) >= 11 is 0. The van der Waals surface area contributed by atoms with Crippen LogP contribution in [0.4, 0.5) is 5.69 Å². The number of methoxy groups -OCH3 is 1. The van der Waals surface area contributed by atoms with E-state index in [1.165, 1.54) is 6.42 Å². The fourth-order valence-electron chi connectivity index (χ4n) is 2.13. The van der Waals surface area contributed by atoms with E-state index in [-0.39, 0.29) is 11.6 Å². The summed E-state index contributed by atoms with van der Waals surface area (Å²) in [6.07, 6.45) is 3.35. The van der Waals surface area contributed by atoms with Crippen molar-refractivity contribution in [3.05, 3.63) is 23.8 Å². The van der Waals surface area contributed by atoms with Crippen molar-refractivity contribution in [2.24, 2.45) is 5.92 Å². The number of hydrogen-bond acceptors (Lipinski definition) is 3. The van der Waals surface area contributed by atoms with E-state index in [0.29, 0.717) is 17.4 Å². The van der Waals surface area contributed by atoms with E-state index in [2.05, 4.69) is 26.1 Å². The second kappa shape index (κ2) is 7.78. The minimum absolute atomic E-state index is 0.235. The second-order valence-electron chi connectivity index (χ2n) is 5.59. The molecule has 0 fully saturated rings. The molecule has 1 unspecified atom stereocenters. The largest absolute Gasteiger partial charge is 0.497 e. The summed E-state index contributed by atoms with van der Waals surface area (Å²) in [5.41, 5.74) is 0.899. The first kappa shape index (κ1) is 16.3. The smallest absolute Gasteiger partial charge is 0.337 e. The van der Waals surface area contributed by atoms with Gasteiger partial charge in [-0.25, -0.2) is 4.79 Å². The number of benzene rings is 1. The molecule has 4 nitrogen and oxygen atoms in total. The van der Waals surface area contributed by atoms with Crippen molar-refractivity contribution in [3.8, 4) is 5.75 Å². The summed E-state index contributed by atoms with van der Waals surface area (Å²) in [5, 5.41) is 12.5. The van der Waals surface area contributed by atoms with E-state index >= 15 is 0 Å². The summed E-state index contributed by atoms with van der Waals surface area (Å²) in [6, 6.07) is 5.21. The molecule has 1 atom stereocenters. The lowest BCUT2D eigenvalue weighted by Crippen LogP contribution is -2.17. The molecule has 0 aliphatic rings. The summed E-state index contributed by atoms with van der Waals surface area (Å²) in [5.74, 6) is 0.435. The molecular weight excluding hydrogens is 254 g/mol. The van der Waals surface area contributed by atoms with Gasteiger partial charge >= 0.3 is 5.97 Å². The van der Waals surface area contributed by atoms with Gasteiger partial charge < -0.3 is 15.2 Å². The van der Waals surface area contributed by atoms with Crippen molar-refractivity contribution < 1.29 is 14.6 Å². The van der Waals surface area contributed by atoms with Crippen LogP contribution in [0.2, 0.25) is 0 Å². The number of hydrogen-bond donors (Lipinski definition) is 2. The Balaban J connectivity index is 2.71. The summed E-state index contributed by atoms with van der Waals surface area (Å²) in [6.45, 7) is 6.50. The van der Waals surface area contributed by atoms with Gasteiger partial charge in [0.15, 0.2) is 0 Å². The fourth-order valence-corrected chi connectivity index (χ4v) is 2.13. The Hall–Kier alpha value is -1.71. The van der Waals surface area contributed by atoms with Gasteiger partial charge in [0, 0.05) is 12.1 Å². The highest BCUT2D eigenvalue weighted by atomic mass is 16.5. The first-order chi connectivity index (χ1) is 9.43. The van der Waals surface area contributed by atoms with Crippen LogP contribution < -0.4 is 10.1 Å². The lowest BCUT2D eigenvalue weighted by Gasteiger charge is -2.18. The van der Waals surface area contributed by atoms with Crippen LogP contribution in [0, 0.1) is 5.92 Å². The number of rotatable bonds is 8. The van der Waals surface area contributed by atoms with E-state index in [9.17, 15) is 9.90 Å². The maximum absolute atomic E-state index is 11.2. The average Bonchev–Trinajstić information content (AvgIpc) is 2.37. The number of nitrogens with one attached hydrogen (secondary N) is 1. The Morgan fingerprint density at radius 1 is 1.30 bits per heavy atom. The van der Waals surface area contributed by atoms with Crippen molar-refractivity contribution in [2.75, 3.05) is 12.4 Å². The molecule has 0 radical (unpaired) electrons. The number of aromatic carboxylic acids is 1. The number of ether oxygens (including phenoxy) is 1. The zero-order valence-electron chi connectivity index (χ0n) is 12.8. The monoisotopic (exact) mass is 279 g/mol. The van der Waals surface area contributed by atoms with Gasteiger partial charge in [-0.3, -0.25) is 0 Å². The molecule has 0 aromatic heterocycles. The molecule has 4 heteroatoms. The molecule has 0 aliphatic heterocycles. The molecule has 0 spiro atoms. The molecule has 0 heterocycles. The second-order valence-corrected chi connectivity index (χ2v) is 5.59. The van der Waals surface area contributed by atoms with Crippen molar-refractivity contribution in [2.45, 2.75) is 46.1 Å². The van der Waals surface area contributed by atoms with Crippen LogP contribution >= 0.6 is 0 Å². The predicted molar refractivity (Wildman–Crippen MR) is 81.7 cm³/mol. The molecule has 1 aromatic carbocycles. The maximum Gasteiger partial charge on any atom is 0.337 e. The third kappa shape index (κ3) is 5.11. The van der Waals surface area contributed by atoms with E-state index in [4.69, 9.17) is 4.74 Å². The predicted octanol–water partition coefficient (Wildman–Crippen LogP) is 4.02. The van der Waals surface area contributed by atoms with Gasteiger partial charge in [0.2, 0.25) is 0 Å². The Labute approximate surface area is 121 Å². The third-order valence-corrected chi connectivity index (χ3v) is 3.28. The molecule has 0 aliphatic carbocycles. The van der Waals surface area contributed by atoms with Crippen molar-refractivity contribution >= 4 is 11.7 Å². The van der Waals surface area contributed by atoms with Gasteiger partial charge in [-0.2, -0.15) is 0 Å². The minimum atomic E-state index is -0.926. The molecule has 1 aromatic rings. The highest BCUT2D eigenvalue weighted by Gasteiger charge is 2.13. The standard InChI is InChI=1S/C16H25NO3/c1-11(2)6-5-7-12(3)17-15-10-13(20-4)8-9-14(15)16(18)19/h8-12,17H,5-7H2,1-4H3,(H,18,19). The maximum atomic E-state index is 11.2. The minimum Gasteiger partial charge on any atom is -0.497 e. The van der Waals surface area contributed by atoms with Crippen LogP contribution in [-0.2, 0) is 0 Å². The fraction of sp³-hybridized carbons (Fsp3) is 0.562. The number of carbonyl (C=O) groups is 1. The summed E-state index contributed by atoms with van der Waals surface area (Å²) in [4.78, 5) is 11.2. The summed E-state index contributed by atoms with van der Waals surface area (Å²) < 4.78 is 5.15. The third-order valence-electron chi connectivity index (χ3n) is 3.28. The highest BCUT2D eigenvalue weighted by molar-refractivity contribution is 5.94. The van der Waals surface area contributed by atoms with Gasteiger partial charge in [-0.05, 0) is 31.4 Å². The van der Waals surface area contributed by atoms with E-state index in [1.807, 2.05) is 0 Å². The van der Waals surface area contributed by atoms with Crippen LogP contribution in [0.5, 0.6) is 5.75 Å². The lowest BCUT2D eigenvalue weighted by molar-refractivity contribution is 0.0698. The van der Waals surface area contributed by atoms with Gasteiger partial charge in [-0.1, -0.05) is 26.7 Å². The molecule has 0 saturated heterocycles. The van der Waals surface area contributed by atoms with Gasteiger partial charge in [0.1, 0.15) is 5.75 Å². The van der Waals surface area contributed by atoms with Gasteiger partial charge in [0.25, 0.3) is 0 Å². The number of carboxylic acid groups (broad SMARTS) is 1. The van der Waals surface area contributed by atoms with Crippen LogP contribution in [0.3, 0.4) is 0 Å². The summed E-state index contributed by atoms with van der Waals surface area (Å²) in [7, 11) is 1.58. The SMILES string of the molecule is COc1ccc(C(=O)O)c(NC(C)CCCC(C)C)c1. The molecule has 0 bridgehead atoms. The van der Waals surface area contributed by atoms with Gasteiger partial charge in [0.05, 0.1) is 18.4 Å². The molecule has 20 heavy (non-hydrogen) atoms. The van der Waals surface area contributed by atoms with Gasteiger partial charge in [-0.15, -0.1) is 0 Å². The Bertz CT molecular complexity index is 443. The first-order valence-corrected chi connectivity index (χ1v) is 7.12. The Kier molecular flexibility index (Phi) is 6.36. The molecule has 112 valence electrons. The average molecular weight is 279 g/mol. The highest BCUT2D eigenvalue weighted by Crippen LogP contribution is 2.24. The van der Waals surface area contributed by atoms with Crippen molar-refractivity contribution in [1.82, 2.24) is 0 Å². The van der Waals surface area contributed by atoms with E-state index in [1.54, 1.807) is 25.3 Å². The quantitative estimate of drug-likeness (QED) is 0.754. The van der Waals surface area contributed by atoms with Crippen LogP contribution in [0.1, 0.15) is 50.4 Å². The van der Waals surface area contributed by atoms with Crippen molar-refractivity contribution in [3.63, 3.8) is 0 Å². The first-order valence-electron chi connectivity index (χ1n) is 7.12. The zero-order chi connectivity index (χ0) is 15.1. The topological polar surface area (TPSA) is 58.6 Å². The van der Waals surface area contributed by atoms with Crippen molar-refractivity contribution in [1.29, 1.82) is 0 Å². The van der Waals surface area contributed by atoms with E-state index < -0.39 is 5.97 Å². The Morgan fingerprint density at radius 2 is 2.00 bits per heavy atom. The van der Waals surface area contributed by atoms with Crippen LogP contribution in [-0.4, -0.2) is 24.2 Å². The van der Waals surface area contributed by atoms with E-state index in [0.717, 1.165) is 12.8 Å². The molecular formula is C16H25NO3. The van der Waals surface area contributed by atoms with Crippen LogP contribution in [0.25, 0.3) is 0 Å². The normalized spacial score (nSPS) is 12.2. The van der Waals surface area contributed by atoms with Crippen LogP contribution in [0.15, 0.2) is 18.2 Å². The molecule has 1 rings (SSSR count). The molecule has 0 saturated carbocycles. The number of carboxylic acids is 1. The lowest BCUT2D eigenvalue weighted by atomic mass is 10.0. The number of anilines is 1. The molecule has 2 N–H and O–H groups in total. The zero-order valence-corrected chi connectivity index (χ0v) is 12.8. The molecule has 0 amide bonds.